The summed E-state index contributed by atoms with van der Waals surface area (Å²) in [4.78, 5) is 75.1. The van der Waals surface area contributed by atoms with E-state index in [1.807, 2.05) is 6.92 Å². The number of nitrogens with zero attached hydrogens (tertiary/aromatic N) is 1. The topological polar surface area (TPSA) is 260 Å². The Kier molecular flexibility index (Phi) is 36.3. The molecule has 2 unspecified atom stereocenters. The summed E-state index contributed by atoms with van der Waals surface area (Å²) >= 11 is 0. The Morgan fingerprint density at radius 3 is 1.73 bits per heavy atom. The van der Waals surface area contributed by atoms with Crippen molar-refractivity contribution < 1.29 is 52.8 Å². The molecule has 0 heterocycles. The van der Waals surface area contributed by atoms with Gasteiger partial charge in [0, 0.05) is 37.8 Å². The fourth-order valence-electron chi connectivity index (χ4n) is 7.61. The summed E-state index contributed by atoms with van der Waals surface area (Å²) in [6, 6.07) is -0.917. The number of amides is 4. The van der Waals surface area contributed by atoms with Crippen molar-refractivity contribution in [1.29, 1.82) is 0 Å². The van der Waals surface area contributed by atoms with Crippen LogP contribution in [-0.4, -0.2) is 125 Å². The van der Waals surface area contributed by atoms with Gasteiger partial charge < -0.3 is 56.3 Å². The maximum Gasteiger partial charge on any atom is 0.303 e. The Labute approximate surface area is 377 Å². The predicted molar refractivity (Wildman–Crippen MR) is 243 cm³/mol. The molecule has 63 heavy (non-hydrogen) atoms. The highest BCUT2D eigenvalue weighted by molar-refractivity contribution is 5.88. The summed E-state index contributed by atoms with van der Waals surface area (Å²) in [5.74, 6) is -1.43. The molecule has 1 aliphatic rings. The van der Waals surface area contributed by atoms with Crippen LogP contribution in [0.1, 0.15) is 161 Å². The van der Waals surface area contributed by atoms with E-state index in [0.29, 0.717) is 77.4 Å². The average molecular weight is 897 g/mol. The van der Waals surface area contributed by atoms with Gasteiger partial charge in [0.15, 0.2) is 0 Å². The van der Waals surface area contributed by atoms with Gasteiger partial charge in [0.2, 0.25) is 23.6 Å². The van der Waals surface area contributed by atoms with Crippen LogP contribution in [0, 0.1) is 11.8 Å². The van der Waals surface area contributed by atoms with Crippen molar-refractivity contribution in [3.05, 3.63) is 0 Å². The number of rotatable bonds is 43. The summed E-state index contributed by atoms with van der Waals surface area (Å²) in [7, 11) is 0. The minimum absolute atomic E-state index is 0.0164. The Balaban J connectivity index is 2.06. The summed E-state index contributed by atoms with van der Waals surface area (Å²) in [6.45, 7) is 4.81. The number of ether oxygens (including phenoxy) is 4. The lowest BCUT2D eigenvalue weighted by atomic mass is 9.78. The molecule has 1 aliphatic carbocycles. The molecule has 17 heteroatoms. The molecule has 0 aromatic carbocycles. The molecule has 0 aromatic heterocycles. The molecule has 0 radical (unpaired) electrons. The minimum Gasteiger partial charge on any atom is -0.481 e. The third kappa shape index (κ3) is 34.4. The second-order valence-electron chi connectivity index (χ2n) is 16.8. The van der Waals surface area contributed by atoms with Gasteiger partial charge in [-0.15, -0.1) is 0 Å². The number of carbonyl (C=O) groups is 6. The number of aliphatic carboxylic acids is 1. The molecule has 0 spiro atoms. The van der Waals surface area contributed by atoms with Crippen LogP contribution < -0.4 is 27.4 Å². The predicted octanol–water partition coefficient (Wildman–Crippen LogP) is 4.89. The van der Waals surface area contributed by atoms with E-state index < -0.39 is 17.9 Å². The summed E-state index contributed by atoms with van der Waals surface area (Å²) in [6.07, 6.45) is 23.4. The number of hydrogen-bond acceptors (Lipinski definition) is 11. The van der Waals surface area contributed by atoms with Crippen LogP contribution in [0.2, 0.25) is 0 Å². The highest BCUT2D eigenvalue weighted by Crippen LogP contribution is 2.31. The van der Waals surface area contributed by atoms with E-state index in [9.17, 15) is 28.8 Å². The van der Waals surface area contributed by atoms with Crippen LogP contribution in [0.25, 0.3) is 0 Å². The number of unbranched alkanes of at least 4 members (excludes halogenated alkanes) is 15. The molecule has 0 aromatic rings. The first kappa shape index (κ1) is 57.3. The van der Waals surface area contributed by atoms with Crippen LogP contribution >= 0.6 is 0 Å². The third-order valence-electron chi connectivity index (χ3n) is 11.4. The van der Waals surface area contributed by atoms with Gasteiger partial charge in [-0.2, -0.15) is 0 Å². The molecule has 0 aliphatic heterocycles. The van der Waals surface area contributed by atoms with Crippen molar-refractivity contribution in [2.45, 2.75) is 173 Å². The molecule has 4 amide bonds. The molecule has 1 fully saturated rings. The number of aldehydes is 1. The number of nitrogens with two attached hydrogens (primary N) is 2. The Bertz CT molecular complexity index is 1270. The second-order valence-corrected chi connectivity index (χ2v) is 16.8. The molecular weight excluding hydrogens is 813 g/mol. The Morgan fingerprint density at radius 2 is 1.17 bits per heavy atom. The number of aliphatic imine (C=N–C) groups is 1. The van der Waals surface area contributed by atoms with E-state index in [-0.39, 0.29) is 74.8 Å². The average Bonchev–Trinajstić information content (AvgIpc) is 3.26. The zero-order chi connectivity index (χ0) is 46.2. The van der Waals surface area contributed by atoms with Gasteiger partial charge in [0.1, 0.15) is 31.4 Å². The molecule has 8 N–H and O–H groups in total. The lowest BCUT2D eigenvalue weighted by Crippen LogP contribution is -2.48. The Morgan fingerprint density at radius 1 is 0.651 bits per heavy atom. The molecule has 0 saturated heterocycles. The van der Waals surface area contributed by atoms with Gasteiger partial charge >= 0.3 is 5.97 Å². The number of nitrogens with one attached hydrogen (secondary N) is 3. The quantitative estimate of drug-likeness (QED) is 0.0207. The van der Waals surface area contributed by atoms with E-state index in [0.717, 1.165) is 51.4 Å². The van der Waals surface area contributed by atoms with E-state index in [1.54, 1.807) is 0 Å². The lowest BCUT2D eigenvalue weighted by molar-refractivity contribution is -0.137. The first-order valence-corrected chi connectivity index (χ1v) is 23.9. The summed E-state index contributed by atoms with van der Waals surface area (Å²) in [5.41, 5.74) is 11.4. The maximum atomic E-state index is 13.1. The van der Waals surface area contributed by atoms with Crippen LogP contribution in [0.3, 0.4) is 0 Å². The van der Waals surface area contributed by atoms with Gasteiger partial charge in [0.25, 0.3) is 0 Å². The number of primary amides is 1. The fourth-order valence-corrected chi connectivity index (χ4v) is 7.61. The molecule has 1 saturated carbocycles. The smallest absolute Gasteiger partial charge is 0.303 e. The zero-order valence-corrected chi connectivity index (χ0v) is 38.6. The Hall–Kier alpha value is -3.67. The SMILES string of the molecule is CC(NC(=O)CCCCCCCCCCCCCCCCCCC(=O)O)C1CCC(C(=O)NC(CCC(=O)NCCOCCOCC(N)=NCCOCCOCC=O)C(N)=O)CC1. The third-order valence-corrected chi connectivity index (χ3v) is 11.4. The normalized spacial score (nSPS) is 16.2. The molecule has 17 nitrogen and oxygen atoms in total. The minimum atomic E-state index is -0.947. The highest BCUT2D eigenvalue weighted by Gasteiger charge is 2.31. The van der Waals surface area contributed by atoms with Crippen molar-refractivity contribution in [1.82, 2.24) is 16.0 Å². The number of hydrogen-bond donors (Lipinski definition) is 6. The largest absolute Gasteiger partial charge is 0.481 e. The van der Waals surface area contributed by atoms with Crippen molar-refractivity contribution in [3.8, 4) is 0 Å². The van der Waals surface area contributed by atoms with E-state index in [1.165, 1.54) is 64.2 Å². The van der Waals surface area contributed by atoms with Crippen LogP contribution in [0.4, 0.5) is 0 Å². The molecule has 2 atom stereocenters. The van der Waals surface area contributed by atoms with Gasteiger partial charge in [-0.1, -0.05) is 89.9 Å². The lowest BCUT2D eigenvalue weighted by Gasteiger charge is -2.32. The van der Waals surface area contributed by atoms with Crippen molar-refractivity contribution >= 4 is 41.7 Å². The number of carboxylic acid groups (broad SMARTS) is 1. The summed E-state index contributed by atoms with van der Waals surface area (Å²) < 4.78 is 21.2. The first-order valence-electron chi connectivity index (χ1n) is 23.9. The zero-order valence-electron chi connectivity index (χ0n) is 38.6. The highest BCUT2D eigenvalue weighted by atomic mass is 16.5. The standard InChI is InChI=1S/C46H84N6O11/c1-37(51-43(55)18-16-14-12-10-8-6-4-2-3-5-7-9-11-13-15-17-19-44(56)57)38-20-22-39(23-21-38)46(59)52-40(45(48)58)24-25-42(54)50-27-30-61-34-35-63-36-41(47)49-26-29-60-32-33-62-31-28-53/h28,37-40H,2-27,29-36H2,1H3,(H2,47,49)(H2,48,58)(H,50,54)(H,51,55)(H,52,59)(H,56,57). The van der Waals surface area contributed by atoms with Crippen molar-refractivity contribution in [2.24, 2.45) is 28.3 Å². The van der Waals surface area contributed by atoms with Crippen molar-refractivity contribution in [2.75, 3.05) is 65.9 Å². The molecule has 0 bridgehead atoms. The molecule has 1 rings (SSSR count). The monoisotopic (exact) mass is 897 g/mol. The number of carbonyl (C=O) groups excluding carboxylic acids is 5. The van der Waals surface area contributed by atoms with E-state index in [4.69, 9.17) is 35.5 Å². The van der Waals surface area contributed by atoms with E-state index >= 15 is 0 Å². The summed E-state index contributed by atoms with van der Waals surface area (Å²) in [5, 5.41) is 17.4. The van der Waals surface area contributed by atoms with Gasteiger partial charge in [-0.3, -0.25) is 29.0 Å². The van der Waals surface area contributed by atoms with Gasteiger partial charge in [0.05, 0.1) is 46.2 Å². The fraction of sp³-hybridized carbons (Fsp3) is 0.848. The first-order chi connectivity index (χ1) is 30.5. The number of carboxylic acids is 1. The van der Waals surface area contributed by atoms with E-state index in [2.05, 4.69) is 20.9 Å². The van der Waals surface area contributed by atoms with Crippen LogP contribution in [-0.2, 0) is 47.7 Å². The molecule has 364 valence electrons. The second kappa shape index (κ2) is 39.9. The van der Waals surface area contributed by atoms with Crippen molar-refractivity contribution in [3.63, 3.8) is 0 Å². The maximum absolute atomic E-state index is 13.1. The van der Waals surface area contributed by atoms with Crippen LogP contribution in [0.5, 0.6) is 0 Å². The van der Waals surface area contributed by atoms with Crippen LogP contribution in [0.15, 0.2) is 4.99 Å². The van der Waals surface area contributed by atoms with Gasteiger partial charge in [-0.25, -0.2) is 0 Å². The number of amidine groups is 1. The molecular formula is C46H84N6O11. The van der Waals surface area contributed by atoms with Gasteiger partial charge in [-0.05, 0) is 57.8 Å².